The van der Waals surface area contributed by atoms with Crippen molar-refractivity contribution >= 4 is 21.4 Å². The average molecular weight is 264 g/mol. The van der Waals surface area contributed by atoms with E-state index in [1.165, 1.54) is 0 Å². The van der Waals surface area contributed by atoms with Crippen molar-refractivity contribution in [1.82, 2.24) is 9.88 Å². The van der Waals surface area contributed by atoms with Gasteiger partial charge in [0.25, 0.3) is 5.56 Å². The predicted molar refractivity (Wildman–Crippen MR) is 78.4 cm³/mol. The zero-order valence-corrected chi connectivity index (χ0v) is 11.8. The normalized spacial score (nSPS) is 11.5. The molecule has 0 aliphatic heterocycles. The maximum Gasteiger partial charge on any atom is 0.259 e. The summed E-state index contributed by atoms with van der Waals surface area (Å²) < 4.78 is 2.89. The molecule has 3 nitrogen and oxygen atoms in total. The van der Waals surface area contributed by atoms with Crippen molar-refractivity contribution in [2.24, 2.45) is 5.92 Å². The summed E-state index contributed by atoms with van der Waals surface area (Å²) >= 11 is 1.62. The lowest BCUT2D eigenvalue weighted by Crippen LogP contribution is -2.24. The number of hydrogen-bond donors (Lipinski definition) is 1. The van der Waals surface area contributed by atoms with Gasteiger partial charge in [-0.1, -0.05) is 13.8 Å². The summed E-state index contributed by atoms with van der Waals surface area (Å²) in [7, 11) is 0. The second kappa shape index (κ2) is 6.16. The summed E-state index contributed by atoms with van der Waals surface area (Å²) in [6.45, 7) is 7.18. The van der Waals surface area contributed by atoms with E-state index in [1.807, 2.05) is 28.3 Å². The number of rotatable bonds is 6. The highest BCUT2D eigenvalue weighted by Crippen LogP contribution is 2.16. The molecule has 0 aromatic carbocycles. The predicted octanol–water partition coefficient (Wildman–Crippen LogP) is 2.70. The number of nitrogens with one attached hydrogen (secondary N) is 1. The van der Waals surface area contributed by atoms with E-state index in [9.17, 15) is 4.79 Å². The van der Waals surface area contributed by atoms with Gasteiger partial charge in [-0.2, -0.15) is 0 Å². The van der Waals surface area contributed by atoms with Gasteiger partial charge in [0, 0.05) is 17.4 Å². The Morgan fingerprint density at radius 1 is 1.39 bits per heavy atom. The molecule has 0 unspecified atom stereocenters. The number of hydrogen-bond acceptors (Lipinski definition) is 3. The number of nitrogens with zero attached hydrogens (tertiary/aromatic N) is 1. The van der Waals surface area contributed by atoms with Crippen molar-refractivity contribution < 1.29 is 0 Å². The number of pyridine rings is 1. The summed E-state index contributed by atoms with van der Waals surface area (Å²) in [5, 5.41) is 6.21. The summed E-state index contributed by atoms with van der Waals surface area (Å²) in [6, 6.07) is 3.94. The summed E-state index contributed by atoms with van der Waals surface area (Å²) in [4.78, 5) is 12.1. The van der Waals surface area contributed by atoms with Crippen LogP contribution >= 0.6 is 11.3 Å². The molecule has 0 aliphatic rings. The van der Waals surface area contributed by atoms with Gasteiger partial charge in [-0.15, -0.1) is 11.3 Å². The topological polar surface area (TPSA) is 34.0 Å². The molecule has 0 atom stereocenters. The maximum absolute atomic E-state index is 12.1. The van der Waals surface area contributed by atoms with Crippen molar-refractivity contribution in [3.8, 4) is 0 Å². The van der Waals surface area contributed by atoms with Crippen LogP contribution in [0.2, 0.25) is 0 Å². The lowest BCUT2D eigenvalue weighted by Gasteiger charge is -2.08. The van der Waals surface area contributed by atoms with E-state index < -0.39 is 0 Å². The molecule has 0 amide bonds. The molecule has 2 aromatic rings. The van der Waals surface area contributed by atoms with Crippen molar-refractivity contribution in [3.05, 3.63) is 34.1 Å². The first-order valence-corrected chi connectivity index (χ1v) is 7.34. The molecule has 2 aromatic heterocycles. The van der Waals surface area contributed by atoms with Gasteiger partial charge in [0.1, 0.15) is 0 Å². The Bertz CT molecular complexity index is 556. The van der Waals surface area contributed by atoms with E-state index >= 15 is 0 Å². The van der Waals surface area contributed by atoms with Crippen LogP contribution in [0.3, 0.4) is 0 Å². The standard InChI is InChI=1S/C14H20N2OS/c1-11(2)10-15-6-3-7-16-8-4-13-12(14(16)17)5-9-18-13/h4-5,8-9,11,15H,3,6-7,10H2,1-2H3. The van der Waals surface area contributed by atoms with E-state index in [0.717, 1.165) is 36.1 Å². The first-order valence-electron chi connectivity index (χ1n) is 6.46. The molecule has 0 spiro atoms. The summed E-state index contributed by atoms with van der Waals surface area (Å²) in [5.41, 5.74) is 0.137. The van der Waals surface area contributed by atoms with Crippen molar-refractivity contribution in [1.29, 1.82) is 0 Å². The molecule has 2 rings (SSSR count). The first-order chi connectivity index (χ1) is 8.68. The van der Waals surface area contributed by atoms with E-state index in [4.69, 9.17) is 0 Å². The van der Waals surface area contributed by atoms with Gasteiger partial charge < -0.3 is 9.88 Å². The zero-order chi connectivity index (χ0) is 13.0. The third kappa shape index (κ3) is 3.21. The minimum absolute atomic E-state index is 0.137. The average Bonchev–Trinajstić information content (AvgIpc) is 2.80. The van der Waals surface area contributed by atoms with Crippen LogP contribution in [0.5, 0.6) is 0 Å². The third-order valence-electron chi connectivity index (χ3n) is 2.90. The van der Waals surface area contributed by atoms with E-state index in [2.05, 4.69) is 19.2 Å². The molecule has 0 saturated heterocycles. The molecule has 0 radical (unpaired) electrons. The van der Waals surface area contributed by atoms with Crippen molar-refractivity contribution in [3.63, 3.8) is 0 Å². The Balaban J connectivity index is 1.91. The van der Waals surface area contributed by atoms with Gasteiger partial charge >= 0.3 is 0 Å². The molecule has 98 valence electrons. The largest absolute Gasteiger partial charge is 0.316 e. The Morgan fingerprint density at radius 3 is 3.00 bits per heavy atom. The Labute approximate surface area is 111 Å². The molecule has 0 bridgehead atoms. The summed E-state index contributed by atoms with van der Waals surface area (Å²) in [6.07, 6.45) is 2.89. The van der Waals surface area contributed by atoms with Gasteiger partial charge in [-0.25, -0.2) is 0 Å². The van der Waals surface area contributed by atoms with E-state index in [0.29, 0.717) is 5.92 Å². The lowest BCUT2D eigenvalue weighted by molar-refractivity contribution is 0.519. The number of aromatic nitrogens is 1. The van der Waals surface area contributed by atoms with Crippen molar-refractivity contribution in [2.45, 2.75) is 26.8 Å². The van der Waals surface area contributed by atoms with E-state index in [1.54, 1.807) is 11.3 Å². The molecule has 1 N–H and O–H groups in total. The van der Waals surface area contributed by atoms with Crippen LogP contribution in [0.4, 0.5) is 0 Å². The fraction of sp³-hybridized carbons (Fsp3) is 0.500. The number of aryl methyl sites for hydroxylation is 1. The van der Waals surface area contributed by atoms with Crippen LogP contribution < -0.4 is 10.9 Å². The maximum atomic E-state index is 12.1. The Morgan fingerprint density at radius 2 is 2.22 bits per heavy atom. The third-order valence-corrected chi connectivity index (χ3v) is 3.78. The smallest absolute Gasteiger partial charge is 0.259 e. The minimum atomic E-state index is 0.137. The quantitative estimate of drug-likeness (QED) is 0.814. The number of fused-ring (bicyclic) bond motifs is 1. The second-order valence-corrected chi connectivity index (χ2v) is 5.91. The summed E-state index contributed by atoms with van der Waals surface area (Å²) in [5.74, 6) is 0.676. The van der Waals surface area contributed by atoms with Crippen LogP contribution in [0.25, 0.3) is 10.1 Å². The van der Waals surface area contributed by atoms with Crippen LogP contribution in [0.1, 0.15) is 20.3 Å². The minimum Gasteiger partial charge on any atom is -0.316 e. The Hall–Kier alpha value is -1.13. The highest BCUT2D eigenvalue weighted by Gasteiger charge is 2.03. The SMILES string of the molecule is CC(C)CNCCCn1ccc2sccc2c1=O. The number of thiophene rings is 1. The first kappa shape index (κ1) is 13.3. The highest BCUT2D eigenvalue weighted by molar-refractivity contribution is 7.17. The molecular formula is C14H20N2OS. The van der Waals surface area contributed by atoms with Gasteiger partial charge in [-0.05, 0) is 42.9 Å². The van der Waals surface area contributed by atoms with E-state index in [-0.39, 0.29) is 5.56 Å². The fourth-order valence-electron chi connectivity index (χ4n) is 1.95. The zero-order valence-electron chi connectivity index (χ0n) is 11.0. The Kier molecular flexibility index (Phi) is 4.55. The van der Waals surface area contributed by atoms with Crippen LogP contribution in [0, 0.1) is 5.92 Å². The van der Waals surface area contributed by atoms with Crippen LogP contribution in [-0.4, -0.2) is 17.7 Å². The molecular weight excluding hydrogens is 244 g/mol. The van der Waals surface area contributed by atoms with Gasteiger partial charge in [0.05, 0.1) is 5.39 Å². The highest BCUT2D eigenvalue weighted by atomic mass is 32.1. The molecule has 0 fully saturated rings. The molecule has 0 aliphatic carbocycles. The molecule has 2 heterocycles. The van der Waals surface area contributed by atoms with Crippen molar-refractivity contribution in [2.75, 3.05) is 13.1 Å². The van der Waals surface area contributed by atoms with Crippen LogP contribution in [-0.2, 0) is 6.54 Å². The molecule has 18 heavy (non-hydrogen) atoms. The molecule has 4 heteroatoms. The fourth-order valence-corrected chi connectivity index (χ4v) is 2.72. The van der Waals surface area contributed by atoms with Crippen LogP contribution in [0.15, 0.2) is 28.5 Å². The van der Waals surface area contributed by atoms with Gasteiger partial charge in [0.2, 0.25) is 0 Å². The monoisotopic (exact) mass is 264 g/mol. The second-order valence-electron chi connectivity index (χ2n) is 4.96. The van der Waals surface area contributed by atoms with Gasteiger partial charge in [-0.3, -0.25) is 4.79 Å². The molecule has 0 saturated carbocycles. The van der Waals surface area contributed by atoms with Gasteiger partial charge in [0.15, 0.2) is 0 Å². The lowest BCUT2D eigenvalue weighted by atomic mass is 10.2.